The second-order valence-corrected chi connectivity index (χ2v) is 8.51. The molecule has 30 heavy (non-hydrogen) atoms. The van der Waals surface area contributed by atoms with E-state index in [-0.39, 0.29) is 5.82 Å². The quantitative estimate of drug-likeness (QED) is 0.482. The molecule has 1 saturated heterocycles. The first-order chi connectivity index (χ1) is 14.4. The molecule has 9 heteroatoms. The van der Waals surface area contributed by atoms with E-state index in [1.165, 1.54) is 0 Å². The van der Waals surface area contributed by atoms with E-state index in [2.05, 4.69) is 15.4 Å². The van der Waals surface area contributed by atoms with Gasteiger partial charge in [0.05, 0.1) is 22.3 Å². The standard InChI is InChI=1S/C21H22Cl3N5O/c1-12(19-16(22)2-3-17(23)20(19)24)30-18-8-13(9-27-21(18)25)14-10-28-29(11-14)15-4-6-26-7-5-15/h2-3,8-12,15,26H,4-7H2,1H3,(H2,25,27). The molecule has 3 aromatic rings. The molecule has 1 aliphatic heterocycles. The highest BCUT2D eigenvalue weighted by molar-refractivity contribution is 6.44. The van der Waals surface area contributed by atoms with Crippen molar-refractivity contribution in [2.24, 2.45) is 0 Å². The van der Waals surface area contributed by atoms with Crippen LogP contribution in [0.1, 0.15) is 37.5 Å². The van der Waals surface area contributed by atoms with Crippen LogP contribution in [0, 0.1) is 0 Å². The number of hydrogen-bond donors (Lipinski definition) is 2. The Balaban J connectivity index is 1.58. The van der Waals surface area contributed by atoms with Crippen molar-refractivity contribution < 1.29 is 4.74 Å². The van der Waals surface area contributed by atoms with E-state index < -0.39 is 6.10 Å². The number of rotatable bonds is 5. The number of pyridine rings is 1. The molecule has 2 aromatic heterocycles. The minimum Gasteiger partial charge on any atom is -0.482 e. The average molecular weight is 467 g/mol. The van der Waals surface area contributed by atoms with Crippen LogP contribution in [0.5, 0.6) is 5.75 Å². The fourth-order valence-electron chi connectivity index (χ4n) is 3.63. The summed E-state index contributed by atoms with van der Waals surface area (Å²) in [5.74, 6) is 0.729. The summed E-state index contributed by atoms with van der Waals surface area (Å²) in [5.41, 5.74) is 8.50. The van der Waals surface area contributed by atoms with Gasteiger partial charge in [0.2, 0.25) is 0 Å². The zero-order chi connectivity index (χ0) is 21.3. The van der Waals surface area contributed by atoms with Gasteiger partial charge in [-0.1, -0.05) is 34.8 Å². The van der Waals surface area contributed by atoms with E-state index >= 15 is 0 Å². The molecule has 6 nitrogen and oxygen atoms in total. The van der Waals surface area contributed by atoms with Gasteiger partial charge in [0.15, 0.2) is 11.6 Å². The first kappa shape index (κ1) is 21.2. The van der Waals surface area contributed by atoms with Crippen molar-refractivity contribution in [1.82, 2.24) is 20.1 Å². The number of nitrogens with one attached hydrogen (secondary N) is 1. The van der Waals surface area contributed by atoms with Gasteiger partial charge in [-0.15, -0.1) is 0 Å². The van der Waals surface area contributed by atoms with E-state index in [4.69, 9.17) is 45.3 Å². The lowest BCUT2D eigenvalue weighted by molar-refractivity contribution is 0.228. The second-order valence-electron chi connectivity index (χ2n) is 7.31. The van der Waals surface area contributed by atoms with Crippen LogP contribution in [0.15, 0.2) is 36.8 Å². The van der Waals surface area contributed by atoms with Crippen molar-refractivity contribution in [2.75, 3.05) is 18.8 Å². The SMILES string of the molecule is CC(Oc1cc(-c2cnn(C3CCNCC3)c2)cnc1N)c1c(Cl)ccc(Cl)c1Cl. The molecule has 1 aliphatic rings. The number of nitrogens with two attached hydrogens (primary N) is 1. The minimum absolute atomic E-state index is 0.283. The molecule has 1 unspecified atom stereocenters. The smallest absolute Gasteiger partial charge is 0.166 e. The average Bonchev–Trinajstić information content (AvgIpc) is 3.24. The van der Waals surface area contributed by atoms with Gasteiger partial charge in [0, 0.05) is 34.1 Å². The Hall–Kier alpha value is -1.99. The fourth-order valence-corrected chi connectivity index (χ4v) is 4.47. The number of benzene rings is 1. The molecule has 0 aliphatic carbocycles. The number of nitrogens with zero attached hydrogens (tertiary/aromatic N) is 3. The molecule has 0 amide bonds. The molecule has 3 N–H and O–H groups in total. The van der Waals surface area contributed by atoms with Gasteiger partial charge in [-0.2, -0.15) is 5.10 Å². The van der Waals surface area contributed by atoms with Crippen LogP contribution in [0.4, 0.5) is 5.82 Å². The molecule has 158 valence electrons. The fraction of sp³-hybridized carbons (Fsp3) is 0.333. The van der Waals surface area contributed by atoms with Crippen LogP contribution >= 0.6 is 34.8 Å². The molecule has 0 spiro atoms. The van der Waals surface area contributed by atoms with Crippen LogP contribution in [0.25, 0.3) is 11.1 Å². The van der Waals surface area contributed by atoms with Crippen molar-refractivity contribution in [1.29, 1.82) is 0 Å². The summed E-state index contributed by atoms with van der Waals surface area (Å²) in [4.78, 5) is 4.30. The molecule has 1 aromatic carbocycles. The van der Waals surface area contributed by atoms with E-state index in [0.29, 0.717) is 32.4 Å². The highest BCUT2D eigenvalue weighted by Gasteiger charge is 2.20. The topological polar surface area (TPSA) is 78.0 Å². The summed E-state index contributed by atoms with van der Waals surface area (Å²) in [6, 6.07) is 5.61. The summed E-state index contributed by atoms with van der Waals surface area (Å²) in [7, 11) is 0. The van der Waals surface area contributed by atoms with Crippen LogP contribution in [0.2, 0.25) is 15.1 Å². The highest BCUT2D eigenvalue weighted by Crippen LogP contribution is 2.39. The van der Waals surface area contributed by atoms with E-state index in [0.717, 1.165) is 37.1 Å². The maximum absolute atomic E-state index is 6.34. The van der Waals surface area contributed by atoms with Crippen LogP contribution < -0.4 is 15.8 Å². The second kappa shape index (κ2) is 9.02. The molecular weight excluding hydrogens is 445 g/mol. The maximum atomic E-state index is 6.34. The number of nitrogen functional groups attached to an aromatic ring is 1. The third kappa shape index (κ3) is 4.37. The predicted molar refractivity (Wildman–Crippen MR) is 122 cm³/mol. The van der Waals surface area contributed by atoms with Crippen molar-refractivity contribution in [2.45, 2.75) is 31.9 Å². The Labute approximate surface area is 190 Å². The highest BCUT2D eigenvalue weighted by atomic mass is 35.5. The van der Waals surface area contributed by atoms with Gasteiger partial charge in [0.1, 0.15) is 6.10 Å². The lowest BCUT2D eigenvalue weighted by Gasteiger charge is -2.22. The largest absolute Gasteiger partial charge is 0.482 e. The normalized spacial score (nSPS) is 15.9. The lowest BCUT2D eigenvalue weighted by Crippen LogP contribution is -2.29. The van der Waals surface area contributed by atoms with Crippen molar-refractivity contribution in [3.63, 3.8) is 0 Å². The number of anilines is 1. The van der Waals surface area contributed by atoms with Gasteiger partial charge >= 0.3 is 0 Å². The van der Waals surface area contributed by atoms with Gasteiger partial charge in [-0.05, 0) is 51.1 Å². The Morgan fingerprint density at radius 2 is 1.87 bits per heavy atom. The summed E-state index contributed by atoms with van der Waals surface area (Å²) >= 11 is 18.8. The van der Waals surface area contributed by atoms with Crippen LogP contribution in [-0.4, -0.2) is 27.9 Å². The zero-order valence-corrected chi connectivity index (χ0v) is 18.7. The zero-order valence-electron chi connectivity index (χ0n) is 16.4. The van der Waals surface area contributed by atoms with Crippen LogP contribution in [-0.2, 0) is 0 Å². The van der Waals surface area contributed by atoms with Crippen LogP contribution in [0.3, 0.4) is 0 Å². The molecular formula is C21H22Cl3N5O. The molecule has 3 heterocycles. The summed E-state index contributed by atoms with van der Waals surface area (Å²) in [5, 5.41) is 9.17. The van der Waals surface area contributed by atoms with Crippen molar-refractivity contribution in [3.8, 4) is 16.9 Å². The Kier molecular flexibility index (Phi) is 6.39. The van der Waals surface area contributed by atoms with Crippen molar-refractivity contribution >= 4 is 40.6 Å². The third-order valence-corrected chi connectivity index (χ3v) is 6.44. The van der Waals surface area contributed by atoms with E-state index in [1.54, 1.807) is 18.3 Å². The Bertz CT molecular complexity index is 1050. The number of halogens is 3. The van der Waals surface area contributed by atoms with Gasteiger partial charge < -0.3 is 15.8 Å². The molecule has 0 saturated carbocycles. The number of aromatic nitrogens is 3. The Morgan fingerprint density at radius 1 is 1.13 bits per heavy atom. The van der Waals surface area contributed by atoms with Gasteiger partial charge in [0.25, 0.3) is 0 Å². The molecule has 4 rings (SSSR count). The minimum atomic E-state index is -0.472. The predicted octanol–water partition coefficient (Wildman–Crippen LogP) is 5.55. The molecule has 0 bridgehead atoms. The van der Waals surface area contributed by atoms with E-state index in [9.17, 15) is 0 Å². The number of hydrogen-bond acceptors (Lipinski definition) is 5. The number of piperidine rings is 1. The lowest BCUT2D eigenvalue weighted by atomic mass is 10.1. The first-order valence-corrected chi connectivity index (χ1v) is 10.9. The number of ether oxygens (including phenoxy) is 1. The van der Waals surface area contributed by atoms with Crippen molar-refractivity contribution in [3.05, 3.63) is 57.4 Å². The van der Waals surface area contributed by atoms with Gasteiger partial charge in [-0.25, -0.2) is 4.98 Å². The first-order valence-electron chi connectivity index (χ1n) is 9.75. The summed E-state index contributed by atoms with van der Waals surface area (Å²) < 4.78 is 8.11. The third-order valence-electron chi connectivity index (χ3n) is 5.29. The molecule has 0 radical (unpaired) electrons. The molecule has 1 atom stereocenters. The summed E-state index contributed by atoms with van der Waals surface area (Å²) in [6.07, 6.45) is 7.26. The Morgan fingerprint density at radius 3 is 2.63 bits per heavy atom. The van der Waals surface area contributed by atoms with Gasteiger partial charge in [-0.3, -0.25) is 4.68 Å². The summed E-state index contributed by atoms with van der Waals surface area (Å²) in [6.45, 7) is 3.85. The molecule has 1 fully saturated rings. The van der Waals surface area contributed by atoms with E-state index in [1.807, 2.05) is 30.1 Å². The maximum Gasteiger partial charge on any atom is 0.166 e. The monoisotopic (exact) mass is 465 g/mol.